The third-order valence-electron chi connectivity index (χ3n) is 4.46. The van der Waals surface area contributed by atoms with E-state index in [0.29, 0.717) is 6.04 Å². The van der Waals surface area contributed by atoms with Crippen molar-refractivity contribution in [2.45, 2.75) is 31.8 Å². The molecule has 0 aromatic heterocycles. The average Bonchev–Trinajstić information content (AvgIpc) is 2.39. The molecule has 2 saturated heterocycles. The van der Waals surface area contributed by atoms with Crippen molar-refractivity contribution in [2.75, 3.05) is 46.3 Å². The van der Waals surface area contributed by atoms with Crippen LogP contribution in [0.25, 0.3) is 0 Å². The van der Waals surface area contributed by atoms with Crippen molar-refractivity contribution in [1.82, 2.24) is 14.7 Å². The second-order valence-corrected chi connectivity index (χ2v) is 5.45. The van der Waals surface area contributed by atoms with Gasteiger partial charge in [0.05, 0.1) is 0 Å². The van der Waals surface area contributed by atoms with Gasteiger partial charge in [0, 0.05) is 44.8 Å². The van der Waals surface area contributed by atoms with Gasteiger partial charge in [-0.25, -0.2) is 0 Å². The van der Waals surface area contributed by atoms with Crippen LogP contribution in [0.3, 0.4) is 0 Å². The lowest BCUT2D eigenvalue weighted by atomic mass is 9.95. The molecule has 3 nitrogen and oxygen atoms in total. The highest BCUT2D eigenvalue weighted by atomic mass is 15.3. The molecule has 98 valence electrons. The van der Waals surface area contributed by atoms with Crippen LogP contribution in [0.15, 0.2) is 12.7 Å². The Balaban J connectivity index is 1.88. The van der Waals surface area contributed by atoms with E-state index in [2.05, 4.69) is 41.3 Å². The van der Waals surface area contributed by atoms with E-state index < -0.39 is 0 Å². The fourth-order valence-electron chi connectivity index (χ4n) is 3.18. The maximum Gasteiger partial charge on any atom is 0.0290 e. The van der Waals surface area contributed by atoms with Gasteiger partial charge >= 0.3 is 0 Å². The Hall–Kier alpha value is -0.380. The number of nitrogens with zero attached hydrogens (tertiary/aromatic N) is 3. The number of piperazine rings is 1. The summed E-state index contributed by atoms with van der Waals surface area (Å²) in [6.45, 7) is 13.6. The third kappa shape index (κ3) is 3.09. The molecule has 17 heavy (non-hydrogen) atoms. The summed E-state index contributed by atoms with van der Waals surface area (Å²) in [6, 6.07) is 1.38. The summed E-state index contributed by atoms with van der Waals surface area (Å²) in [5, 5.41) is 0. The molecule has 0 bridgehead atoms. The largest absolute Gasteiger partial charge is 0.304 e. The van der Waals surface area contributed by atoms with Crippen LogP contribution in [0.1, 0.15) is 19.8 Å². The quantitative estimate of drug-likeness (QED) is 0.685. The van der Waals surface area contributed by atoms with Gasteiger partial charge in [-0.1, -0.05) is 13.0 Å². The molecule has 0 radical (unpaired) electrons. The minimum absolute atomic E-state index is 0.596. The highest BCUT2D eigenvalue weighted by molar-refractivity contribution is 4.96. The summed E-state index contributed by atoms with van der Waals surface area (Å²) in [7, 11) is 2.23. The van der Waals surface area contributed by atoms with Crippen LogP contribution in [0.5, 0.6) is 0 Å². The summed E-state index contributed by atoms with van der Waals surface area (Å²) in [4.78, 5) is 7.69. The van der Waals surface area contributed by atoms with Crippen LogP contribution < -0.4 is 0 Å². The second kappa shape index (κ2) is 5.98. The Morgan fingerprint density at radius 1 is 1.18 bits per heavy atom. The Bertz CT molecular complexity index is 246. The van der Waals surface area contributed by atoms with E-state index >= 15 is 0 Å². The van der Waals surface area contributed by atoms with Crippen LogP contribution in [0.2, 0.25) is 0 Å². The summed E-state index contributed by atoms with van der Waals surface area (Å²) in [6.07, 6.45) is 4.76. The van der Waals surface area contributed by atoms with Crippen molar-refractivity contribution in [3.8, 4) is 0 Å². The molecule has 1 unspecified atom stereocenters. The van der Waals surface area contributed by atoms with Gasteiger partial charge in [0.25, 0.3) is 0 Å². The van der Waals surface area contributed by atoms with E-state index in [0.717, 1.165) is 12.6 Å². The van der Waals surface area contributed by atoms with Crippen molar-refractivity contribution in [1.29, 1.82) is 0 Å². The van der Waals surface area contributed by atoms with Crippen molar-refractivity contribution < 1.29 is 0 Å². The molecule has 0 N–H and O–H groups in total. The van der Waals surface area contributed by atoms with Crippen molar-refractivity contribution in [3.63, 3.8) is 0 Å². The first-order chi connectivity index (χ1) is 8.24. The summed E-state index contributed by atoms with van der Waals surface area (Å²) in [5.41, 5.74) is 0. The van der Waals surface area contributed by atoms with Crippen molar-refractivity contribution >= 4 is 0 Å². The van der Waals surface area contributed by atoms with Crippen LogP contribution in [-0.2, 0) is 0 Å². The summed E-state index contributed by atoms with van der Waals surface area (Å²) >= 11 is 0. The van der Waals surface area contributed by atoms with Crippen LogP contribution >= 0.6 is 0 Å². The van der Waals surface area contributed by atoms with E-state index in [1.54, 1.807) is 0 Å². The van der Waals surface area contributed by atoms with E-state index in [4.69, 9.17) is 0 Å². The molecule has 3 heteroatoms. The second-order valence-electron chi connectivity index (χ2n) is 5.45. The third-order valence-corrected chi connectivity index (χ3v) is 4.46. The number of piperidine rings is 1. The van der Waals surface area contributed by atoms with Crippen molar-refractivity contribution in [2.24, 2.45) is 0 Å². The first kappa shape index (κ1) is 13.1. The normalized spacial score (nSPS) is 33.8. The van der Waals surface area contributed by atoms with Gasteiger partial charge < -0.3 is 4.90 Å². The fourth-order valence-corrected chi connectivity index (χ4v) is 3.18. The number of likely N-dealkylation sites (tertiary alicyclic amines) is 1. The lowest BCUT2D eigenvalue weighted by Crippen LogP contribution is -2.54. The number of likely N-dealkylation sites (N-methyl/N-ethyl adjacent to an activating group) is 2. The Kier molecular flexibility index (Phi) is 4.60. The molecule has 0 aromatic carbocycles. The zero-order valence-corrected chi connectivity index (χ0v) is 11.4. The zero-order valence-electron chi connectivity index (χ0n) is 11.4. The maximum atomic E-state index is 4.01. The average molecular weight is 237 g/mol. The predicted octanol–water partition coefficient (Wildman–Crippen LogP) is 1.27. The molecular formula is C14H27N3. The highest BCUT2D eigenvalue weighted by Gasteiger charge is 2.30. The molecule has 0 aliphatic carbocycles. The minimum atomic E-state index is 0.596. The van der Waals surface area contributed by atoms with Crippen LogP contribution in [0.4, 0.5) is 0 Å². The lowest BCUT2D eigenvalue weighted by Gasteiger charge is -2.44. The molecule has 2 heterocycles. The van der Waals surface area contributed by atoms with E-state index in [9.17, 15) is 0 Å². The SMILES string of the molecule is C=C[C@H]1CC(N2CCN(C)CC2)CCN1CC. The number of hydrogen-bond acceptors (Lipinski definition) is 3. The standard InChI is InChI=1S/C14H27N3/c1-4-13-12-14(6-7-16(13)5-2)17-10-8-15(3)9-11-17/h4,13-14H,1,5-12H2,2-3H3/t13-,14?/m0/s1. The Labute approximate surface area is 106 Å². The van der Waals surface area contributed by atoms with Crippen LogP contribution in [-0.4, -0.2) is 73.1 Å². The zero-order chi connectivity index (χ0) is 12.3. The maximum absolute atomic E-state index is 4.01. The monoisotopic (exact) mass is 237 g/mol. The molecule has 2 aliphatic heterocycles. The van der Waals surface area contributed by atoms with E-state index in [-0.39, 0.29) is 0 Å². The summed E-state index contributed by atoms with van der Waals surface area (Å²) in [5.74, 6) is 0. The highest BCUT2D eigenvalue weighted by Crippen LogP contribution is 2.23. The van der Waals surface area contributed by atoms with Crippen molar-refractivity contribution in [3.05, 3.63) is 12.7 Å². The smallest absolute Gasteiger partial charge is 0.0290 e. The van der Waals surface area contributed by atoms with Gasteiger partial charge in [-0.05, 0) is 26.4 Å². The van der Waals surface area contributed by atoms with Gasteiger partial charge in [0.1, 0.15) is 0 Å². The first-order valence-electron chi connectivity index (χ1n) is 7.03. The first-order valence-corrected chi connectivity index (χ1v) is 7.03. The molecule has 0 spiro atoms. The molecule has 2 aliphatic rings. The van der Waals surface area contributed by atoms with E-state index in [1.807, 2.05) is 0 Å². The molecule has 2 fully saturated rings. The van der Waals surface area contributed by atoms with Gasteiger partial charge in [0.2, 0.25) is 0 Å². The molecular weight excluding hydrogens is 210 g/mol. The molecule has 0 amide bonds. The van der Waals surface area contributed by atoms with Gasteiger partial charge in [0.15, 0.2) is 0 Å². The predicted molar refractivity (Wildman–Crippen MR) is 73.3 cm³/mol. The van der Waals surface area contributed by atoms with Gasteiger partial charge in [-0.2, -0.15) is 0 Å². The van der Waals surface area contributed by atoms with Gasteiger partial charge in [-0.15, -0.1) is 6.58 Å². The lowest BCUT2D eigenvalue weighted by molar-refractivity contribution is 0.0540. The Morgan fingerprint density at radius 2 is 1.88 bits per heavy atom. The number of rotatable bonds is 3. The molecule has 0 aromatic rings. The fraction of sp³-hybridized carbons (Fsp3) is 0.857. The number of hydrogen-bond donors (Lipinski definition) is 0. The molecule has 2 atom stereocenters. The topological polar surface area (TPSA) is 9.72 Å². The van der Waals surface area contributed by atoms with Gasteiger partial charge in [-0.3, -0.25) is 9.80 Å². The Morgan fingerprint density at radius 3 is 2.47 bits per heavy atom. The molecule has 2 rings (SSSR count). The molecule has 0 saturated carbocycles. The summed E-state index contributed by atoms with van der Waals surface area (Å²) < 4.78 is 0. The van der Waals surface area contributed by atoms with Crippen LogP contribution in [0, 0.1) is 0 Å². The minimum Gasteiger partial charge on any atom is -0.304 e. The van der Waals surface area contributed by atoms with E-state index in [1.165, 1.54) is 45.6 Å².